The first kappa shape index (κ1) is 27.1. The van der Waals surface area contributed by atoms with Crippen LogP contribution < -0.4 is 20.7 Å². The molecule has 0 fully saturated rings. The van der Waals surface area contributed by atoms with Gasteiger partial charge in [0, 0.05) is 0 Å². The van der Waals surface area contributed by atoms with Gasteiger partial charge in [0.1, 0.15) is 0 Å². The summed E-state index contributed by atoms with van der Waals surface area (Å²) >= 11 is 0. The SMILES string of the molecule is c1ccc(-c2ccc(-c3c4ccccc4c([Si](c4ccccc4)(c4ccccc4)c4ccccc4)c4ccccc34)cc2)cc1. The summed E-state index contributed by atoms with van der Waals surface area (Å²) in [6, 6.07) is 71.7. The Bertz CT molecular complexity index is 2070. The molecule has 0 spiro atoms. The van der Waals surface area contributed by atoms with Crippen molar-refractivity contribution >= 4 is 50.4 Å². The molecule has 0 atom stereocenters. The van der Waals surface area contributed by atoms with E-state index in [2.05, 4.69) is 194 Å². The topological polar surface area (TPSA) is 0 Å². The minimum atomic E-state index is -2.81. The van der Waals surface area contributed by atoms with E-state index in [-0.39, 0.29) is 0 Å². The first-order valence-electron chi connectivity index (χ1n) is 15.6. The van der Waals surface area contributed by atoms with Crippen LogP contribution in [-0.2, 0) is 0 Å². The van der Waals surface area contributed by atoms with Crippen molar-refractivity contribution in [1.29, 1.82) is 0 Å². The molecule has 8 aromatic rings. The van der Waals surface area contributed by atoms with Gasteiger partial charge in [-0.1, -0.05) is 194 Å². The molecule has 0 N–H and O–H groups in total. The van der Waals surface area contributed by atoms with Gasteiger partial charge in [0.2, 0.25) is 0 Å². The molecule has 0 heterocycles. The Balaban J connectivity index is 1.51. The Morgan fingerprint density at radius 2 is 0.556 bits per heavy atom. The van der Waals surface area contributed by atoms with Gasteiger partial charge in [-0.15, -0.1) is 0 Å². The lowest BCUT2D eigenvalue weighted by Gasteiger charge is -2.37. The maximum atomic E-state index is 2.36. The van der Waals surface area contributed by atoms with Gasteiger partial charge in [-0.3, -0.25) is 0 Å². The van der Waals surface area contributed by atoms with Crippen molar-refractivity contribution in [3.05, 3.63) is 194 Å². The average Bonchev–Trinajstić information content (AvgIpc) is 3.13. The molecule has 212 valence electrons. The molecule has 0 amide bonds. The normalized spacial score (nSPS) is 11.6. The second-order valence-electron chi connectivity index (χ2n) is 11.6. The standard InChI is InChI=1S/C44H32Si/c1-5-17-33(18-6-1)34-29-31-35(32-30-34)43-39-25-13-15-27-41(39)44(42-28-16-14-26-40(42)43)45(36-19-7-2-8-20-36,37-21-9-3-10-22-37)38-23-11-4-12-24-38/h1-32H. The molecule has 0 aliphatic heterocycles. The lowest BCUT2D eigenvalue weighted by molar-refractivity contribution is 1.61. The van der Waals surface area contributed by atoms with Gasteiger partial charge in [-0.05, 0) is 64.5 Å². The number of benzene rings is 8. The zero-order chi connectivity index (χ0) is 30.1. The molecule has 0 saturated heterocycles. The summed E-state index contributed by atoms with van der Waals surface area (Å²) in [6.45, 7) is 0. The van der Waals surface area contributed by atoms with Crippen LogP contribution in [0.25, 0.3) is 43.8 Å². The quantitative estimate of drug-likeness (QED) is 0.104. The van der Waals surface area contributed by atoms with Crippen LogP contribution in [0.2, 0.25) is 0 Å². The molecule has 45 heavy (non-hydrogen) atoms. The summed E-state index contributed by atoms with van der Waals surface area (Å²) < 4.78 is 0. The van der Waals surface area contributed by atoms with Gasteiger partial charge >= 0.3 is 0 Å². The molecule has 1 heteroatoms. The number of hydrogen-bond acceptors (Lipinski definition) is 0. The van der Waals surface area contributed by atoms with Gasteiger partial charge in [0.15, 0.2) is 8.07 Å². The van der Waals surface area contributed by atoms with Gasteiger partial charge < -0.3 is 0 Å². The lowest BCUT2D eigenvalue weighted by Crippen LogP contribution is -2.75. The molecule has 0 aliphatic rings. The van der Waals surface area contributed by atoms with Gasteiger partial charge in [0.05, 0.1) is 0 Å². The molecule has 0 nitrogen and oxygen atoms in total. The molecule has 0 unspecified atom stereocenters. The summed E-state index contributed by atoms with van der Waals surface area (Å²) in [5.74, 6) is 0. The second kappa shape index (κ2) is 11.5. The fraction of sp³-hybridized carbons (Fsp3) is 0. The smallest absolute Gasteiger partial charge is 0.0623 e. The van der Waals surface area contributed by atoms with E-state index in [1.165, 1.54) is 64.5 Å². The number of rotatable bonds is 6. The predicted octanol–water partition coefficient (Wildman–Crippen LogP) is 8.70. The maximum Gasteiger partial charge on any atom is 0.180 e. The summed E-state index contributed by atoms with van der Waals surface area (Å²) in [5.41, 5.74) is 4.99. The van der Waals surface area contributed by atoms with Crippen molar-refractivity contribution in [1.82, 2.24) is 0 Å². The van der Waals surface area contributed by atoms with Crippen molar-refractivity contribution in [2.45, 2.75) is 0 Å². The van der Waals surface area contributed by atoms with Crippen LogP contribution in [0.4, 0.5) is 0 Å². The molecule has 0 bridgehead atoms. The van der Waals surface area contributed by atoms with Crippen molar-refractivity contribution in [2.24, 2.45) is 0 Å². The molecule has 8 aromatic carbocycles. The molecular weight excluding hydrogens is 557 g/mol. The third-order valence-corrected chi connectivity index (χ3v) is 14.1. The Hall–Kier alpha value is -5.50. The predicted molar refractivity (Wildman–Crippen MR) is 196 cm³/mol. The molecule has 8 rings (SSSR count). The minimum Gasteiger partial charge on any atom is -0.0623 e. The molecule has 0 saturated carbocycles. The van der Waals surface area contributed by atoms with Gasteiger partial charge in [-0.2, -0.15) is 0 Å². The Morgan fingerprint density at radius 3 is 0.978 bits per heavy atom. The Kier molecular flexibility index (Phi) is 6.94. The van der Waals surface area contributed by atoms with E-state index in [0.717, 1.165) is 0 Å². The van der Waals surface area contributed by atoms with E-state index in [4.69, 9.17) is 0 Å². The zero-order valence-corrected chi connectivity index (χ0v) is 26.0. The van der Waals surface area contributed by atoms with Crippen LogP contribution in [0.15, 0.2) is 194 Å². The van der Waals surface area contributed by atoms with Crippen molar-refractivity contribution in [2.75, 3.05) is 0 Å². The van der Waals surface area contributed by atoms with Crippen LogP contribution in [0.5, 0.6) is 0 Å². The third-order valence-electron chi connectivity index (χ3n) is 9.21. The molecule has 0 aromatic heterocycles. The van der Waals surface area contributed by atoms with Crippen LogP contribution in [-0.4, -0.2) is 8.07 Å². The van der Waals surface area contributed by atoms with E-state index in [1.54, 1.807) is 0 Å². The van der Waals surface area contributed by atoms with Gasteiger partial charge in [0.25, 0.3) is 0 Å². The minimum absolute atomic E-state index is 1.23. The first-order chi connectivity index (χ1) is 22.4. The van der Waals surface area contributed by atoms with Crippen LogP contribution >= 0.6 is 0 Å². The highest BCUT2D eigenvalue weighted by Crippen LogP contribution is 2.37. The monoisotopic (exact) mass is 588 g/mol. The summed E-state index contributed by atoms with van der Waals surface area (Å²) in [5, 5.41) is 10.8. The van der Waals surface area contributed by atoms with Crippen LogP contribution in [0, 0.1) is 0 Å². The van der Waals surface area contributed by atoms with Crippen molar-refractivity contribution < 1.29 is 0 Å². The van der Waals surface area contributed by atoms with E-state index in [0.29, 0.717) is 0 Å². The fourth-order valence-corrected chi connectivity index (χ4v) is 12.5. The largest absolute Gasteiger partial charge is 0.180 e. The highest BCUT2D eigenvalue weighted by Gasteiger charge is 2.43. The van der Waals surface area contributed by atoms with E-state index in [9.17, 15) is 0 Å². The fourth-order valence-electron chi connectivity index (χ4n) is 7.30. The summed E-state index contributed by atoms with van der Waals surface area (Å²) in [7, 11) is -2.81. The number of fused-ring (bicyclic) bond motifs is 2. The molecule has 0 aliphatic carbocycles. The van der Waals surface area contributed by atoms with Crippen LogP contribution in [0.1, 0.15) is 0 Å². The van der Waals surface area contributed by atoms with Crippen LogP contribution in [0.3, 0.4) is 0 Å². The highest BCUT2D eigenvalue weighted by molar-refractivity contribution is 7.21. The number of hydrogen-bond donors (Lipinski definition) is 0. The average molecular weight is 589 g/mol. The van der Waals surface area contributed by atoms with Gasteiger partial charge in [-0.25, -0.2) is 0 Å². The van der Waals surface area contributed by atoms with Crippen molar-refractivity contribution in [3.63, 3.8) is 0 Å². The zero-order valence-electron chi connectivity index (χ0n) is 25.0. The maximum absolute atomic E-state index is 2.81. The lowest BCUT2D eigenvalue weighted by atomic mass is 9.91. The highest BCUT2D eigenvalue weighted by atomic mass is 28.3. The molecular formula is C44H32Si. The first-order valence-corrected chi connectivity index (χ1v) is 17.6. The Labute approximate surface area is 265 Å². The van der Waals surface area contributed by atoms with E-state index in [1.807, 2.05) is 0 Å². The third kappa shape index (κ3) is 4.52. The Morgan fingerprint density at radius 1 is 0.244 bits per heavy atom. The van der Waals surface area contributed by atoms with Crippen molar-refractivity contribution in [3.8, 4) is 22.3 Å². The summed E-state index contributed by atoms with van der Waals surface area (Å²) in [6.07, 6.45) is 0. The summed E-state index contributed by atoms with van der Waals surface area (Å²) in [4.78, 5) is 0. The second-order valence-corrected chi connectivity index (χ2v) is 15.4. The molecule has 0 radical (unpaired) electrons. The van der Waals surface area contributed by atoms with E-state index < -0.39 is 8.07 Å². The van der Waals surface area contributed by atoms with E-state index >= 15 is 0 Å².